The smallest absolute Gasteiger partial charge is 0.230 e. The summed E-state index contributed by atoms with van der Waals surface area (Å²) in [5.41, 5.74) is 8.13. The van der Waals surface area contributed by atoms with Crippen molar-refractivity contribution in [3.8, 4) is 0 Å². The van der Waals surface area contributed by atoms with Gasteiger partial charge in [0.2, 0.25) is 5.91 Å². The Balaban J connectivity index is 1.62. The highest BCUT2D eigenvalue weighted by atomic mass is 32.2. The average Bonchev–Trinajstić information content (AvgIpc) is 2.86. The summed E-state index contributed by atoms with van der Waals surface area (Å²) in [5, 5.41) is 4.30. The van der Waals surface area contributed by atoms with Crippen LogP contribution in [0.1, 0.15) is 16.0 Å². The Labute approximate surface area is 147 Å². The third-order valence-corrected chi connectivity index (χ3v) is 5.53. The fraction of sp³-hybridized carbons (Fsp3) is 0.250. The first-order valence-corrected chi connectivity index (χ1v) is 9.16. The van der Waals surface area contributed by atoms with Crippen LogP contribution in [0.4, 0.5) is 5.82 Å². The van der Waals surface area contributed by atoms with Gasteiger partial charge in [-0.1, -0.05) is 17.8 Å². The summed E-state index contributed by atoms with van der Waals surface area (Å²) in [7, 11) is 0. The number of nitrogen functional groups attached to an aromatic ring is 1. The van der Waals surface area contributed by atoms with Gasteiger partial charge in [0.15, 0.2) is 5.16 Å². The summed E-state index contributed by atoms with van der Waals surface area (Å²) in [6, 6.07) is 3.76. The number of hydrogen-bond acceptors (Lipinski definition) is 7. The van der Waals surface area contributed by atoms with Crippen LogP contribution in [-0.2, 0) is 11.3 Å². The number of amides is 1. The second-order valence-corrected chi connectivity index (χ2v) is 7.43. The molecule has 3 aromatic heterocycles. The number of nitrogens with two attached hydrogens (primary N) is 1. The minimum Gasteiger partial charge on any atom is -0.383 e. The van der Waals surface area contributed by atoms with Crippen molar-refractivity contribution in [3.63, 3.8) is 0 Å². The molecule has 0 atom stereocenters. The van der Waals surface area contributed by atoms with Crippen LogP contribution in [-0.4, -0.2) is 26.6 Å². The van der Waals surface area contributed by atoms with Gasteiger partial charge in [-0.25, -0.2) is 9.97 Å². The van der Waals surface area contributed by atoms with Crippen LogP contribution >= 0.6 is 23.1 Å². The number of nitrogens with one attached hydrogen (secondary N) is 1. The lowest BCUT2D eigenvalue weighted by Gasteiger charge is -2.05. The van der Waals surface area contributed by atoms with E-state index in [4.69, 9.17) is 5.73 Å². The first-order chi connectivity index (χ1) is 11.5. The Bertz CT molecular complexity index is 879. The van der Waals surface area contributed by atoms with Crippen LogP contribution < -0.4 is 11.1 Å². The number of thiophene rings is 1. The van der Waals surface area contributed by atoms with Gasteiger partial charge in [0, 0.05) is 23.8 Å². The van der Waals surface area contributed by atoms with Crippen molar-refractivity contribution in [1.29, 1.82) is 0 Å². The molecule has 0 aliphatic heterocycles. The molecular formula is C16H17N5OS2. The molecule has 0 aliphatic rings. The molecule has 0 saturated carbocycles. The van der Waals surface area contributed by atoms with Crippen LogP contribution in [0.15, 0.2) is 29.7 Å². The summed E-state index contributed by atoms with van der Waals surface area (Å²) in [5.74, 6) is 0.638. The fourth-order valence-electron chi connectivity index (χ4n) is 2.21. The molecule has 0 spiro atoms. The average molecular weight is 359 g/mol. The highest BCUT2D eigenvalue weighted by molar-refractivity contribution is 7.99. The maximum Gasteiger partial charge on any atom is 0.230 e. The van der Waals surface area contributed by atoms with Crippen molar-refractivity contribution in [2.75, 3.05) is 11.5 Å². The van der Waals surface area contributed by atoms with Gasteiger partial charge in [-0.05, 0) is 31.0 Å². The van der Waals surface area contributed by atoms with Crippen LogP contribution in [0.3, 0.4) is 0 Å². The molecule has 0 saturated heterocycles. The SMILES string of the molecule is Cc1sc2nc(SCC(=O)NCc3cccnc3)nc(N)c2c1C. The van der Waals surface area contributed by atoms with Gasteiger partial charge < -0.3 is 11.1 Å². The quantitative estimate of drug-likeness (QED) is 0.537. The van der Waals surface area contributed by atoms with Crippen molar-refractivity contribution in [2.45, 2.75) is 25.5 Å². The molecule has 1 amide bonds. The molecule has 124 valence electrons. The van der Waals surface area contributed by atoms with Crippen LogP contribution in [0, 0.1) is 13.8 Å². The van der Waals surface area contributed by atoms with E-state index in [-0.39, 0.29) is 11.7 Å². The Kier molecular flexibility index (Phi) is 4.96. The predicted molar refractivity (Wildman–Crippen MR) is 98.1 cm³/mol. The summed E-state index contributed by atoms with van der Waals surface area (Å²) in [6.07, 6.45) is 3.43. The first kappa shape index (κ1) is 16.7. The minimum absolute atomic E-state index is 0.0790. The highest BCUT2D eigenvalue weighted by Crippen LogP contribution is 2.33. The molecule has 3 aromatic rings. The zero-order chi connectivity index (χ0) is 17.1. The van der Waals surface area contributed by atoms with Gasteiger partial charge in [-0.2, -0.15) is 0 Å². The topological polar surface area (TPSA) is 93.8 Å². The first-order valence-electron chi connectivity index (χ1n) is 7.36. The molecule has 0 unspecified atom stereocenters. The number of rotatable bonds is 5. The normalized spacial score (nSPS) is 10.9. The summed E-state index contributed by atoms with van der Waals surface area (Å²) < 4.78 is 0. The van der Waals surface area contributed by atoms with Gasteiger partial charge >= 0.3 is 0 Å². The van der Waals surface area contributed by atoms with Gasteiger partial charge in [0.1, 0.15) is 10.6 Å². The molecule has 3 heterocycles. The summed E-state index contributed by atoms with van der Waals surface area (Å²) in [6.45, 7) is 4.52. The van der Waals surface area contributed by atoms with Gasteiger partial charge in [-0.3, -0.25) is 9.78 Å². The Hall–Kier alpha value is -2.19. The van der Waals surface area contributed by atoms with Gasteiger partial charge in [0.05, 0.1) is 11.1 Å². The zero-order valence-electron chi connectivity index (χ0n) is 13.4. The number of pyridine rings is 1. The monoisotopic (exact) mass is 359 g/mol. The van der Waals surface area contributed by atoms with Gasteiger partial charge in [-0.15, -0.1) is 11.3 Å². The molecule has 0 aromatic carbocycles. The Morgan fingerprint density at radius 3 is 2.96 bits per heavy atom. The van der Waals surface area contributed by atoms with E-state index >= 15 is 0 Å². The molecule has 6 nitrogen and oxygen atoms in total. The molecule has 3 rings (SSSR count). The fourth-order valence-corrected chi connectivity index (χ4v) is 3.99. The van der Waals surface area contributed by atoms with Crippen LogP contribution in [0.25, 0.3) is 10.2 Å². The lowest BCUT2D eigenvalue weighted by atomic mass is 10.2. The third kappa shape index (κ3) is 3.65. The Morgan fingerprint density at radius 1 is 1.38 bits per heavy atom. The number of nitrogens with zero attached hydrogens (tertiary/aromatic N) is 3. The highest BCUT2D eigenvalue weighted by Gasteiger charge is 2.13. The number of carbonyl (C=O) groups excluding carboxylic acids is 1. The van der Waals surface area contributed by atoms with Crippen molar-refractivity contribution in [1.82, 2.24) is 20.3 Å². The molecule has 0 radical (unpaired) electrons. The summed E-state index contributed by atoms with van der Waals surface area (Å²) in [4.78, 5) is 26.8. The number of carbonyl (C=O) groups is 1. The third-order valence-electron chi connectivity index (χ3n) is 3.58. The second-order valence-electron chi connectivity index (χ2n) is 5.28. The van der Waals surface area contributed by atoms with Crippen LogP contribution in [0.2, 0.25) is 0 Å². The molecule has 8 heteroatoms. The number of fused-ring (bicyclic) bond motifs is 1. The lowest BCUT2D eigenvalue weighted by molar-refractivity contribution is -0.118. The van der Waals surface area contributed by atoms with Crippen molar-refractivity contribution < 1.29 is 4.79 Å². The van der Waals surface area contributed by atoms with E-state index < -0.39 is 0 Å². The maximum atomic E-state index is 12.0. The van der Waals surface area contributed by atoms with Crippen molar-refractivity contribution in [3.05, 3.63) is 40.5 Å². The van der Waals surface area contributed by atoms with E-state index in [9.17, 15) is 4.79 Å². The molecule has 0 aliphatic carbocycles. The number of aryl methyl sites for hydroxylation is 2. The lowest BCUT2D eigenvalue weighted by Crippen LogP contribution is -2.24. The zero-order valence-corrected chi connectivity index (χ0v) is 15.0. The van der Waals surface area contributed by atoms with E-state index in [1.165, 1.54) is 16.6 Å². The van der Waals surface area contributed by atoms with Crippen molar-refractivity contribution >= 4 is 45.0 Å². The minimum atomic E-state index is -0.0790. The van der Waals surface area contributed by atoms with Gasteiger partial charge in [0.25, 0.3) is 0 Å². The maximum absolute atomic E-state index is 12.0. The molecule has 3 N–H and O–H groups in total. The van der Waals surface area contributed by atoms with Crippen molar-refractivity contribution in [2.24, 2.45) is 0 Å². The largest absolute Gasteiger partial charge is 0.383 e. The predicted octanol–water partition coefficient (Wildman–Crippen LogP) is 2.69. The van der Waals surface area contributed by atoms with E-state index in [2.05, 4.69) is 20.3 Å². The number of anilines is 1. The number of thioether (sulfide) groups is 1. The van der Waals surface area contributed by atoms with Crippen LogP contribution in [0.5, 0.6) is 0 Å². The Morgan fingerprint density at radius 2 is 2.21 bits per heavy atom. The number of hydrogen-bond donors (Lipinski definition) is 2. The molecule has 0 bridgehead atoms. The second kappa shape index (κ2) is 7.14. The molecular weight excluding hydrogens is 342 g/mol. The van der Waals surface area contributed by atoms with E-state index in [0.29, 0.717) is 17.5 Å². The van der Waals surface area contributed by atoms with E-state index in [0.717, 1.165) is 21.3 Å². The molecule has 0 fully saturated rings. The molecule has 24 heavy (non-hydrogen) atoms. The number of aromatic nitrogens is 3. The standard InChI is InChI=1S/C16H17N5OS2/c1-9-10(2)24-15-13(9)14(17)20-16(21-15)23-8-12(22)19-7-11-4-3-5-18-6-11/h3-6H,7-8H2,1-2H3,(H,19,22)(H2,17,20,21). The van der Waals surface area contributed by atoms with E-state index in [1.54, 1.807) is 23.7 Å². The summed E-state index contributed by atoms with van der Waals surface area (Å²) >= 11 is 2.88. The van der Waals surface area contributed by atoms with E-state index in [1.807, 2.05) is 26.0 Å².